The molecule has 1 aliphatic rings. The summed E-state index contributed by atoms with van der Waals surface area (Å²) in [7, 11) is 0. The largest absolute Gasteiger partial charge is 0.360 e. The Morgan fingerprint density at radius 3 is 3.16 bits per heavy atom. The number of hydrogen-bond acceptors (Lipinski definition) is 5. The molecule has 4 rings (SSSR count). The molecule has 7 heteroatoms. The number of pyridine rings is 2. The molecule has 4 N–H and O–H groups in total. The topological polar surface area (TPSA) is 99.9 Å². The number of H-pyrrole nitrogens is 1. The van der Waals surface area contributed by atoms with Crippen LogP contribution in [0.3, 0.4) is 0 Å². The van der Waals surface area contributed by atoms with E-state index in [-0.39, 0.29) is 11.9 Å². The van der Waals surface area contributed by atoms with Gasteiger partial charge in [0, 0.05) is 31.5 Å². The Hall–Kier alpha value is -2.93. The zero-order valence-corrected chi connectivity index (χ0v) is 13.8. The van der Waals surface area contributed by atoms with Crippen molar-refractivity contribution in [3.05, 3.63) is 54.0 Å². The zero-order chi connectivity index (χ0) is 17.2. The molecule has 0 aromatic carbocycles. The molecule has 25 heavy (non-hydrogen) atoms. The van der Waals surface area contributed by atoms with Crippen molar-refractivity contribution in [3.63, 3.8) is 0 Å². The first-order valence-electron chi connectivity index (χ1n) is 8.37. The van der Waals surface area contributed by atoms with Crippen LogP contribution in [0.5, 0.6) is 0 Å². The monoisotopic (exact) mass is 336 g/mol. The molecular weight excluding hydrogens is 316 g/mol. The molecule has 1 fully saturated rings. The summed E-state index contributed by atoms with van der Waals surface area (Å²) in [5.41, 5.74) is 8.99. The zero-order valence-electron chi connectivity index (χ0n) is 13.8. The molecule has 128 valence electrons. The van der Waals surface area contributed by atoms with Gasteiger partial charge in [-0.3, -0.25) is 9.78 Å². The normalized spacial score (nSPS) is 17.2. The summed E-state index contributed by atoms with van der Waals surface area (Å²) in [4.78, 5) is 26.5. The maximum absolute atomic E-state index is 12.3. The first-order chi connectivity index (χ1) is 12.2. The molecule has 1 aliphatic heterocycles. The van der Waals surface area contributed by atoms with Gasteiger partial charge in [0.05, 0.1) is 28.8 Å². The Labute approximate surface area is 145 Å². The molecule has 3 aromatic heterocycles. The van der Waals surface area contributed by atoms with Crippen molar-refractivity contribution in [3.8, 4) is 0 Å². The fraction of sp³-hybridized carbons (Fsp3) is 0.278. The Morgan fingerprint density at radius 2 is 2.32 bits per heavy atom. The van der Waals surface area contributed by atoms with E-state index in [9.17, 15) is 4.79 Å². The van der Waals surface area contributed by atoms with E-state index in [4.69, 9.17) is 5.73 Å². The van der Waals surface area contributed by atoms with Gasteiger partial charge >= 0.3 is 0 Å². The molecule has 0 saturated carbocycles. The molecule has 0 aliphatic carbocycles. The van der Waals surface area contributed by atoms with Crippen LogP contribution >= 0.6 is 0 Å². The molecule has 1 unspecified atom stereocenters. The number of fused-ring (bicyclic) bond motifs is 1. The van der Waals surface area contributed by atoms with Crippen LogP contribution < -0.4 is 16.0 Å². The number of carbonyl (C=O) groups is 1. The van der Waals surface area contributed by atoms with Crippen LogP contribution in [0.1, 0.15) is 22.5 Å². The fourth-order valence-corrected chi connectivity index (χ4v) is 3.07. The highest BCUT2D eigenvalue weighted by Gasteiger charge is 2.20. The van der Waals surface area contributed by atoms with E-state index in [0.29, 0.717) is 12.1 Å². The predicted octanol–water partition coefficient (Wildman–Crippen LogP) is 1.43. The van der Waals surface area contributed by atoms with Crippen LogP contribution in [-0.4, -0.2) is 40.0 Å². The first-order valence-corrected chi connectivity index (χ1v) is 8.37. The number of nitrogens with one attached hydrogen (secondary N) is 2. The van der Waals surface area contributed by atoms with E-state index in [1.807, 2.05) is 24.3 Å². The van der Waals surface area contributed by atoms with Crippen molar-refractivity contribution in [1.29, 1.82) is 0 Å². The Bertz CT molecular complexity index is 905. The Balaban J connectivity index is 1.43. The van der Waals surface area contributed by atoms with Gasteiger partial charge in [-0.2, -0.15) is 0 Å². The van der Waals surface area contributed by atoms with E-state index < -0.39 is 0 Å². The summed E-state index contributed by atoms with van der Waals surface area (Å²) >= 11 is 0. The van der Waals surface area contributed by atoms with E-state index in [0.717, 1.165) is 42.1 Å². The summed E-state index contributed by atoms with van der Waals surface area (Å²) in [6.45, 7) is 2.12. The second-order valence-corrected chi connectivity index (χ2v) is 6.30. The van der Waals surface area contributed by atoms with Gasteiger partial charge in [-0.05, 0) is 30.7 Å². The number of hydrogen-bond donors (Lipinski definition) is 3. The number of rotatable bonds is 4. The molecule has 7 nitrogen and oxygen atoms in total. The molecule has 0 spiro atoms. The van der Waals surface area contributed by atoms with E-state index >= 15 is 0 Å². The van der Waals surface area contributed by atoms with Crippen LogP contribution in [-0.2, 0) is 6.54 Å². The van der Waals surface area contributed by atoms with Crippen LogP contribution in [0.4, 0.5) is 5.82 Å². The highest BCUT2D eigenvalue weighted by Crippen LogP contribution is 2.17. The number of aromatic amines is 1. The SMILES string of the molecule is NC1CCN(c2cccc(CNC(=O)c3cnc4cc[nH]c4c3)n2)C1. The van der Waals surface area contributed by atoms with Crippen molar-refractivity contribution in [2.24, 2.45) is 5.73 Å². The molecule has 1 saturated heterocycles. The van der Waals surface area contributed by atoms with Gasteiger partial charge in [0.1, 0.15) is 5.82 Å². The maximum Gasteiger partial charge on any atom is 0.253 e. The van der Waals surface area contributed by atoms with Crippen LogP contribution in [0.2, 0.25) is 0 Å². The smallest absolute Gasteiger partial charge is 0.253 e. The lowest BCUT2D eigenvalue weighted by molar-refractivity contribution is 0.0950. The molecule has 0 radical (unpaired) electrons. The van der Waals surface area contributed by atoms with Gasteiger partial charge in [-0.1, -0.05) is 6.07 Å². The number of carbonyl (C=O) groups excluding carboxylic acids is 1. The van der Waals surface area contributed by atoms with Gasteiger partial charge in [-0.15, -0.1) is 0 Å². The predicted molar refractivity (Wildman–Crippen MR) is 96.3 cm³/mol. The quantitative estimate of drug-likeness (QED) is 0.669. The second kappa shape index (κ2) is 6.52. The third-order valence-electron chi connectivity index (χ3n) is 4.43. The Morgan fingerprint density at radius 1 is 1.40 bits per heavy atom. The number of nitrogens with two attached hydrogens (primary N) is 1. The molecule has 4 heterocycles. The third-order valence-corrected chi connectivity index (χ3v) is 4.43. The minimum atomic E-state index is -0.167. The number of aromatic nitrogens is 3. The van der Waals surface area contributed by atoms with E-state index in [2.05, 4.69) is 25.2 Å². The van der Waals surface area contributed by atoms with Gasteiger partial charge < -0.3 is 20.9 Å². The number of nitrogens with zero attached hydrogens (tertiary/aromatic N) is 3. The summed E-state index contributed by atoms with van der Waals surface area (Å²) in [6, 6.07) is 9.73. The van der Waals surface area contributed by atoms with Gasteiger partial charge in [0.15, 0.2) is 0 Å². The molecule has 0 bridgehead atoms. The number of amides is 1. The lowest BCUT2D eigenvalue weighted by Crippen LogP contribution is -2.27. The van der Waals surface area contributed by atoms with E-state index in [1.165, 1.54) is 0 Å². The molecule has 3 aromatic rings. The minimum absolute atomic E-state index is 0.167. The van der Waals surface area contributed by atoms with Crippen LogP contribution in [0.15, 0.2) is 42.7 Å². The second-order valence-electron chi connectivity index (χ2n) is 6.30. The lowest BCUT2D eigenvalue weighted by atomic mass is 10.2. The van der Waals surface area contributed by atoms with Gasteiger partial charge in [0.25, 0.3) is 5.91 Å². The van der Waals surface area contributed by atoms with Crippen molar-refractivity contribution in [2.75, 3.05) is 18.0 Å². The van der Waals surface area contributed by atoms with Gasteiger partial charge in [-0.25, -0.2) is 4.98 Å². The Kier molecular flexibility index (Phi) is 4.07. The highest BCUT2D eigenvalue weighted by atomic mass is 16.1. The fourth-order valence-electron chi connectivity index (χ4n) is 3.07. The summed E-state index contributed by atoms with van der Waals surface area (Å²) in [5.74, 6) is 0.744. The van der Waals surface area contributed by atoms with Gasteiger partial charge in [0.2, 0.25) is 0 Å². The third kappa shape index (κ3) is 3.32. The molecular formula is C18H20N6O. The summed E-state index contributed by atoms with van der Waals surface area (Å²) in [5, 5.41) is 2.90. The van der Waals surface area contributed by atoms with Crippen LogP contribution in [0.25, 0.3) is 11.0 Å². The number of anilines is 1. The highest BCUT2D eigenvalue weighted by molar-refractivity contribution is 5.96. The maximum atomic E-state index is 12.3. The lowest BCUT2D eigenvalue weighted by Gasteiger charge is -2.17. The van der Waals surface area contributed by atoms with Crippen molar-refractivity contribution >= 4 is 22.8 Å². The van der Waals surface area contributed by atoms with Crippen molar-refractivity contribution in [1.82, 2.24) is 20.3 Å². The average molecular weight is 336 g/mol. The summed E-state index contributed by atoms with van der Waals surface area (Å²) < 4.78 is 0. The molecule has 1 atom stereocenters. The molecule has 1 amide bonds. The summed E-state index contributed by atoms with van der Waals surface area (Å²) in [6.07, 6.45) is 4.37. The van der Waals surface area contributed by atoms with Crippen molar-refractivity contribution in [2.45, 2.75) is 19.0 Å². The average Bonchev–Trinajstić information content (AvgIpc) is 3.28. The first kappa shape index (κ1) is 15.6. The van der Waals surface area contributed by atoms with Crippen molar-refractivity contribution < 1.29 is 4.79 Å². The van der Waals surface area contributed by atoms with E-state index in [1.54, 1.807) is 18.5 Å². The standard InChI is InChI=1S/C18H20N6O/c19-13-5-7-24(11-13)17-3-1-2-14(23-17)10-22-18(25)12-8-16-15(21-9-12)4-6-20-16/h1-4,6,8-9,13,20H,5,7,10-11,19H2,(H,22,25). The minimum Gasteiger partial charge on any atom is -0.360 e. The van der Waals surface area contributed by atoms with Crippen LogP contribution in [0, 0.1) is 0 Å².